The van der Waals surface area contributed by atoms with E-state index in [0.717, 1.165) is 23.5 Å². The molecule has 2 aromatic heterocycles. The molecule has 0 unspecified atom stereocenters. The quantitative estimate of drug-likeness (QED) is 0.449. The van der Waals surface area contributed by atoms with Gasteiger partial charge < -0.3 is 15.1 Å². The van der Waals surface area contributed by atoms with Crippen LogP contribution in [0.4, 0.5) is 8.78 Å². The van der Waals surface area contributed by atoms with Gasteiger partial charge in [-0.25, -0.2) is 13.8 Å². The Morgan fingerprint density at radius 3 is 2.59 bits per heavy atom. The van der Waals surface area contributed by atoms with Crippen molar-refractivity contribution in [1.82, 2.24) is 14.3 Å². The van der Waals surface area contributed by atoms with E-state index in [1.807, 2.05) is 0 Å². The van der Waals surface area contributed by atoms with Crippen molar-refractivity contribution in [3.05, 3.63) is 74.4 Å². The summed E-state index contributed by atoms with van der Waals surface area (Å²) in [4.78, 5) is 31.1. The fourth-order valence-corrected chi connectivity index (χ4v) is 4.10. The van der Waals surface area contributed by atoms with Crippen molar-refractivity contribution in [3.8, 4) is 22.8 Å². The second-order valence-electron chi connectivity index (χ2n) is 7.06. The molecule has 10 heteroatoms. The third kappa shape index (κ3) is 3.92. The molecule has 0 bridgehead atoms. The topological polar surface area (TPSA) is 95.1 Å². The molecular weight excluding hydrogens is 440 g/mol. The van der Waals surface area contributed by atoms with Gasteiger partial charge in [0.25, 0.3) is 11.5 Å². The first kappa shape index (κ1) is 21.4. The van der Waals surface area contributed by atoms with Crippen LogP contribution in [0.1, 0.15) is 15.9 Å². The molecule has 0 fully saturated rings. The van der Waals surface area contributed by atoms with Gasteiger partial charge >= 0.3 is 0 Å². The predicted octanol–water partition coefficient (Wildman–Crippen LogP) is 2.56. The van der Waals surface area contributed by atoms with Crippen LogP contribution in [-0.2, 0) is 0 Å². The van der Waals surface area contributed by atoms with Crippen molar-refractivity contribution in [2.75, 3.05) is 20.3 Å². The Morgan fingerprint density at radius 2 is 1.97 bits per heavy atom. The number of aromatic nitrogens is 2. The summed E-state index contributed by atoms with van der Waals surface area (Å²) in [5, 5.41) is 18.9. The maximum absolute atomic E-state index is 13.6. The van der Waals surface area contributed by atoms with Crippen LogP contribution in [0.3, 0.4) is 0 Å². The third-order valence-corrected chi connectivity index (χ3v) is 5.84. The summed E-state index contributed by atoms with van der Waals surface area (Å²) < 4.78 is 27.7. The molecule has 0 spiro atoms. The number of fused-ring (bicyclic) bond motifs is 1. The molecule has 32 heavy (non-hydrogen) atoms. The smallest absolute Gasteiger partial charge is 0.274 e. The Hall–Kier alpha value is -3.79. The number of phenols is 2. The highest BCUT2D eigenvalue weighted by Crippen LogP contribution is 2.29. The number of benzene rings is 2. The number of carbonyl (C=O) groups is 1. The minimum Gasteiger partial charge on any atom is -0.504 e. The first-order valence-electron chi connectivity index (χ1n) is 9.45. The number of phenolic OH excluding ortho intramolecular Hbond substituents is 2. The molecular formula is C22H17F2N3O4S. The van der Waals surface area contributed by atoms with Gasteiger partial charge in [-0.15, -0.1) is 0 Å². The molecule has 0 radical (unpaired) electrons. The van der Waals surface area contributed by atoms with E-state index in [1.165, 1.54) is 22.4 Å². The van der Waals surface area contributed by atoms with Crippen LogP contribution >= 0.6 is 11.3 Å². The van der Waals surface area contributed by atoms with Crippen LogP contribution in [0.25, 0.3) is 22.3 Å². The highest BCUT2D eigenvalue weighted by atomic mass is 32.1. The highest BCUT2D eigenvalue weighted by Gasteiger charge is 2.14. The largest absolute Gasteiger partial charge is 0.504 e. The summed E-state index contributed by atoms with van der Waals surface area (Å²) >= 11 is 1.09. The first-order chi connectivity index (χ1) is 15.3. The number of thiazole rings is 1. The van der Waals surface area contributed by atoms with Crippen molar-refractivity contribution in [2.45, 2.75) is 0 Å². The van der Waals surface area contributed by atoms with Gasteiger partial charge in [-0.3, -0.25) is 14.0 Å². The number of imidazole rings is 1. The minimum atomic E-state index is -0.995. The number of alkyl halides is 1. The number of amides is 1. The van der Waals surface area contributed by atoms with E-state index in [9.17, 15) is 28.6 Å². The van der Waals surface area contributed by atoms with Gasteiger partial charge in [0.2, 0.25) is 0 Å². The normalized spacial score (nSPS) is 11.9. The van der Waals surface area contributed by atoms with E-state index in [0.29, 0.717) is 21.8 Å². The Morgan fingerprint density at radius 1 is 1.25 bits per heavy atom. The van der Waals surface area contributed by atoms with Crippen LogP contribution in [0, 0.1) is 5.82 Å². The number of hydrogen-bond donors (Lipinski definition) is 2. The van der Waals surface area contributed by atoms with E-state index < -0.39 is 24.0 Å². The lowest BCUT2D eigenvalue weighted by Gasteiger charge is -2.15. The molecule has 0 atom stereocenters. The Kier molecular flexibility index (Phi) is 5.62. The minimum absolute atomic E-state index is 0.0138. The number of aromatic hydroxyl groups is 2. The van der Waals surface area contributed by atoms with Crippen LogP contribution < -0.4 is 10.1 Å². The van der Waals surface area contributed by atoms with Crippen molar-refractivity contribution in [1.29, 1.82) is 0 Å². The van der Waals surface area contributed by atoms with Crippen LogP contribution in [-0.4, -0.2) is 50.7 Å². The molecule has 0 saturated heterocycles. The number of rotatable bonds is 5. The maximum Gasteiger partial charge on any atom is 0.274 e. The number of hydrogen-bond acceptors (Lipinski definition) is 6. The third-order valence-electron chi connectivity index (χ3n) is 4.86. The molecule has 0 aliphatic heterocycles. The molecule has 0 saturated carbocycles. The number of carbonyl (C=O) groups excluding carboxylic acids is 1. The molecule has 4 aromatic rings. The van der Waals surface area contributed by atoms with E-state index in [2.05, 4.69) is 4.98 Å². The average molecular weight is 457 g/mol. The maximum atomic E-state index is 13.6. The number of nitrogens with zero attached hydrogens (tertiary/aromatic N) is 3. The molecule has 0 aliphatic rings. The second kappa shape index (κ2) is 8.39. The lowest BCUT2D eigenvalue weighted by atomic mass is 10.1. The molecule has 2 aromatic carbocycles. The number of halogens is 2. The summed E-state index contributed by atoms with van der Waals surface area (Å²) in [6.07, 6.45) is 2.96. The average Bonchev–Trinajstić information content (AvgIpc) is 3.31. The zero-order valence-electron chi connectivity index (χ0n) is 16.7. The molecule has 2 heterocycles. The van der Waals surface area contributed by atoms with E-state index in [1.54, 1.807) is 30.5 Å². The fraction of sp³-hybridized carbons (Fsp3) is 0.136. The summed E-state index contributed by atoms with van der Waals surface area (Å²) in [6.45, 7) is -0.606. The molecule has 164 valence electrons. The van der Waals surface area contributed by atoms with Crippen molar-refractivity contribution in [3.63, 3.8) is 0 Å². The van der Waals surface area contributed by atoms with E-state index in [4.69, 9.17) is 0 Å². The lowest BCUT2D eigenvalue weighted by molar-refractivity contribution is 0.0786. The molecule has 0 aliphatic carbocycles. The van der Waals surface area contributed by atoms with Gasteiger partial charge in [0.05, 0.1) is 10.2 Å². The zero-order valence-corrected chi connectivity index (χ0v) is 17.6. The standard InChI is InChI=1S/C22H17F2N3O4S/c1-26(7-6-23)20(30)14-4-2-13(3-5-14)16-11-27-21(31)18(32-22(27)25-16)10-12-8-15(24)19(29)17(28)9-12/h2-5,8-11,28-29H,6-7H2,1H3/b18-10-. The van der Waals surface area contributed by atoms with Gasteiger partial charge in [-0.1, -0.05) is 23.5 Å². The summed E-state index contributed by atoms with van der Waals surface area (Å²) in [5.41, 5.74) is 1.50. The van der Waals surface area contributed by atoms with Crippen LogP contribution in [0.5, 0.6) is 11.5 Å². The Bertz CT molecular complexity index is 1410. The Labute approximate surface area is 184 Å². The highest BCUT2D eigenvalue weighted by molar-refractivity contribution is 7.15. The monoisotopic (exact) mass is 457 g/mol. The van der Waals surface area contributed by atoms with Gasteiger partial charge in [-0.05, 0) is 35.9 Å². The van der Waals surface area contributed by atoms with Crippen molar-refractivity contribution in [2.24, 2.45) is 0 Å². The van der Waals surface area contributed by atoms with Gasteiger partial charge in [0.15, 0.2) is 22.3 Å². The summed E-state index contributed by atoms with van der Waals surface area (Å²) in [5.74, 6) is -2.76. The van der Waals surface area contributed by atoms with E-state index in [-0.39, 0.29) is 28.1 Å². The molecule has 2 N–H and O–H groups in total. The molecule has 1 amide bonds. The predicted molar refractivity (Wildman–Crippen MR) is 116 cm³/mol. The summed E-state index contributed by atoms with van der Waals surface area (Å²) in [6, 6.07) is 8.78. The lowest BCUT2D eigenvalue weighted by Crippen LogP contribution is -2.28. The molecule has 4 rings (SSSR count). The Balaban J connectivity index is 1.65. The van der Waals surface area contributed by atoms with Crippen molar-refractivity contribution >= 4 is 28.3 Å². The fourth-order valence-electron chi connectivity index (χ4n) is 3.14. The van der Waals surface area contributed by atoms with Gasteiger partial charge in [-0.2, -0.15) is 0 Å². The van der Waals surface area contributed by atoms with Gasteiger partial charge in [0, 0.05) is 30.9 Å². The van der Waals surface area contributed by atoms with Crippen molar-refractivity contribution < 1.29 is 23.8 Å². The van der Waals surface area contributed by atoms with E-state index >= 15 is 0 Å². The van der Waals surface area contributed by atoms with Crippen LogP contribution in [0.15, 0.2) is 47.4 Å². The summed E-state index contributed by atoms with van der Waals surface area (Å²) in [7, 11) is 1.53. The van der Waals surface area contributed by atoms with Crippen LogP contribution in [0.2, 0.25) is 0 Å². The first-order valence-corrected chi connectivity index (χ1v) is 10.3. The van der Waals surface area contributed by atoms with Gasteiger partial charge in [0.1, 0.15) is 6.67 Å². The molecule has 7 nitrogen and oxygen atoms in total. The zero-order chi connectivity index (χ0) is 23.0. The second-order valence-corrected chi connectivity index (χ2v) is 8.07. The SMILES string of the molecule is CN(CCF)C(=O)c1ccc(-c2cn3c(=O)/c(=C/c4cc(O)c(O)c(F)c4)sc3n2)cc1.